The van der Waals surface area contributed by atoms with E-state index < -0.39 is 0 Å². The Hall–Kier alpha value is -1.60. The Balaban J connectivity index is 1.47. The van der Waals surface area contributed by atoms with E-state index >= 15 is 0 Å². The quantitative estimate of drug-likeness (QED) is 0.581. The van der Waals surface area contributed by atoms with Gasteiger partial charge < -0.3 is 24.8 Å². The molecular weight excluding hydrogens is 420 g/mol. The summed E-state index contributed by atoms with van der Waals surface area (Å²) in [6.07, 6.45) is 2.15. The van der Waals surface area contributed by atoms with E-state index in [1.54, 1.807) is 7.11 Å². The Labute approximate surface area is 175 Å². The van der Waals surface area contributed by atoms with E-state index in [0.29, 0.717) is 25.4 Å². The fourth-order valence-corrected chi connectivity index (χ4v) is 3.66. The fraction of sp³-hybridized carbons (Fsp3) is 0.455. The first-order valence-electron chi connectivity index (χ1n) is 9.79. The molecule has 0 amide bonds. The topological polar surface area (TPSA) is 54.0 Å². The Kier molecular flexibility index (Phi) is 8.15. The molecule has 2 aromatic rings. The molecule has 0 bridgehead atoms. The Morgan fingerprint density at radius 3 is 2.50 bits per heavy atom. The lowest BCUT2D eigenvalue weighted by Gasteiger charge is -2.19. The van der Waals surface area contributed by atoms with Gasteiger partial charge in [0.15, 0.2) is 11.5 Å². The van der Waals surface area contributed by atoms with Crippen LogP contribution in [0.3, 0.4) is 0 Å². The molecule has 152 valence electrons. The van der Waals surface area contributed by atoms with Crippen molar-refractivity contribution in [3.05, 3.63) is 58.1 Å². The van der Waals surface area contributed by atoms with Gasteiger partial charge in [0.2, 0.25) is 0 Å². The molecule has 1 fully saturated rings. The molecule has 0 saturated carbocycles. The van der Waals surface area contributed by atoms with E-state index in [9.17, 15) is 5.11 Å². The first-order chi connectivity index (χ1) is 13.6. The largest absolute Gasteiger partial charge is 0.493 e. The number of ether oxygens (including phenoxy) is 2. The lowest BCUT2D eigenvalue weighted by molar-refractivity contribution is 0.123. The van der Waals surface area contributed by atoms with Crippen molar-refractivity contribution in [1.82, 2.24) is 10.2 Å². The second-order valence-corrected chi connectivity index (χ2v) is 8.11. The molecule has 1 aliphatic heterocycles. The molecule has 5 nitrogen and oxygen atoms in total. The van der Waals surface area contributed by atoms with Crippen molar-refractivity contribution in [2.24, 2.45) is 0 Å². The number of halogens is 1. The molecule has 28 heavy (non-hydrogen) atoms. The van der Waals surface area contributed by atoms with Crippen molar-refractivity contribution in [3.8, 4) is 11.5 Å². The molecule has 1 atom stereocenters. The van der Waals surface area contributed by atoms with Gasteiger partial charge in [-0.1, -0.05) is 34.1 Å². The number of hydrogen-bond acceptors (Lipinski definition) is 5. The third-order valence-corrected chi connectivity index (χ3v) is 5.44. The third-order valence-electron chi connectivity index (χ3n) is 4.91. The second kappa shape index (κ2) is 10.8. The molecule has 0 aromatic heterocycles. The molecule has 3 rings (SSSR count). The van der Waals surface area contributed by atoms with Crippen LogP contribution in [0.4, 0.5) is 0 Å². The van der Waals surface area contributed by atoms with Crippen LogP contribution in [0.2, 0.25) is 0 Å². The first-order valence-corrected chi connectivity index (χ1v) is 10.6. The summed E-state index contributed by atoms with van der Waals surface area (Å²) in [7, 11) is 1.65. The number of nitrogens with zero attached hydrogens (tertiary/aromatic N) is 1. The summed E-state index contributed by atoms with van der Waals surface area (Å²) < 4.78 is 12.5. The van der Waals surface area contributed by atoms with Crippen LogP contribution in [-0.4, -0.2) is 49.4 Å². The zero-order valence-corrected chi connectivity index (χ0v) is 18.0. The minimum atomic E-state index is -0.339. The highest BCUT2D eigenvalue weighted by molar-refractivity contribution is 9.10. The van der Waals surface area contributed by atoms with Gasteiger partial charge in [0.1, 0.15) is 6.61 Å². The summed E-state index contributed by atoms with van der Waals surface area (Å²) in [4.78, 5) is 2.33. The molecule has 1 saturated heterocycles. The van der Waals surface area contributed by atoms with Crippen molar-refractivity contribution in [2.75, 3.05) is 33.3 Å². The standard InChI is InChI=1S/C22H29BrN2O3/c1-27-22-12-18(13-24-14-20(26)15-25-10-2-3-11-25)6-9-21(22)28-16-17-4-7-19(23)8-5-17/h4-9,12,20,24,26H,2-3,10-11,13-16H2,1H3/t20-/m0/s1. The number of benzene rings is 2. The molecule has 1 aliphatic rings. The van der Waals surface area contributed by atoms with Crippen LogP contribution in [0.1, 0.15) is 24.0 Å². The second-order valence-electron chi connectivity index (χ2n) is 7.19. The van der Waals surface area contributed by atoms with Crippen LogP contribution in [0, 0.1) is 0 Å². The zero-order valence-electron chi connectivity index (χ0n) is 16.4. The highest BCUT2D eigenvalue weighted by atomic mass is 79.9. The summed E-state index contributed by atoms with van der Waals surface area (Å²) in [5, 5.41) is 13.5. The van der Waals surface area contributed by atoms with Crippen molar-refractivity contribution in [1.29, 1.82) is 0 Å². The van der Waals surface area contributed by atoms with Gasteiger partial charge in [-0.2, -0.15) is 0 Å². The molecule has 0 radical (unpaired) electrons. The van der Waals surface area contributed by atoms with E-state index in [0.717, 1.165) is 41.0 Å². The van der Waals surface area contributed by atoms with E-state index in [1.165, 1.54) is 12.8 Å². The molecular formula is C22H29BrN2O3. The van der Waals surface area contributed by atoms with E-state index in [-0.39, 0.29) is 6.10 Å². The normalized spacial score (nSPS) is 15.5. The van der Waals surface area contributed by atoms with Crippen molar-refractivity contribution in [2.45, 2.75) is 32.1 Å². The minimum Gasteiger partial charge on any atom is -0.493 e. The van der Waals surface area contributed by atoms with Crippen LogP contribution >= 0.6 is 15.9 Å². The van der Waals surface area contributed by atoms with Crippen LogP contribution in [0.15, 0.2) is 46.9 Å². The van der Waals surface area contributed by atoms with Crippen molar-refractivity contribution < 1.29 is 14.6 Å². The van der Waals surface area contributed by atoms with Crippen molar-refractivity contribution in [3.63, 3.8) is 0 Å². The first kappa shape index (κ1) is 21.1. The number of nitrogens with one attached hydrogen (secondary N) is 1. The molecule has 2 N–H and O–H groups in total. The molecule has 0 spiro atoms. The molecule has 0 aliphatic carbocycles. The predicted octanol–water partition coefficient (Wildman–Crippen LogP) is 3.58. The molecule has 2 aromatic carbocycles. The van der Waals surface area contributed by atoms with Gasteiger partial charge in [-0.05, 0) is 61.3 Å². The maximum absolute atomic E-state index is 10.2. The smallest absolute Gasteiger partial charge is 0.161 e. The van der Waals surface area contributed by atoms with E-state index in [2.05, 4.69) is 26.1 Å². The average molecular weight is 449 g/mol. The number of rotatable bonds is 10. The number of hydrogen-bond donors (Lipinski definition) is 2. The molecule has 6 heteroatoms. The van der Waals surface area contributed by atoms with Gasteiger partial charge >= 0.3 is 0 Å². The zero-order chi connectivity index (χ0) is 19.8. The van der Waals surface area contributed by atoms with Gasteiger partial charge in [-0.15, -0.1) is 0 Å². The van der Waals surface area contributed by atoms with Gasteiger partial charge in [0.25, 0.3) is 0 Å². The maximum Gasteiger partial charge on any atom is 0.161 e. The van der Waals surface area contributed by atoms with Crippen LogP contribution < -0.4 is 14.8 Å². The van der Waals surface area contributed by atoms with Crippen molar-refractivity contribution >= 4 is 15.9 Å². The van der Waals surface area contributed by atoms with Gasteiger partial charge in [0, 0.05) is 24.1 Å². The minimum absolute atomic E-state index is 0.339. The van der Waals surface area contributed by atoms with Gasteiger partial charge in [0.05, 0.1) is 13.2 Å². The summed E-state index contributed by atoms with van der Waals surface area (Å²) >= 11 is 3.44. The van der Waals surface area contributed by atoms with Gasteiger partial charge in [-0.25, -0.2) is 0 Å². The molecule has 1 heterocycles. The monoisotopic (exact) mass is 448 g/mol. The predicted molar refractivity (Wildman–Crippen MR) is 115 cm³/mol. The summed E-state index contributed by atoms with van der Waals surface area (Å²) in [6.45, 7) is 4.72. The van der Waals surface area contributed by atoms with Gasteiger partial charge in [-0.3, -0.25) is 0 Å². The number of β-amino-alcohol motifs (C(OH)–C–C–N with tert-alkyl or cyclic N) is 1. The number of aliphatic hydroxyl groups excluding tert-OH is 1. The fourth-order valence-electron chi connectivity index (χ4n) is 3.39. The van der Waals surface area contributed by atoms with Crippen LogP contribution in [0.25, 0.3) is 0 Å². The highest BCUT2D eigenvalue weighted by Gasteiger charge is 2.15. The maximum atomic E-state index is 10.2. The summed E-state index contributed by atoms with van der Waals surface area (Å²) in [5.74, 6) is 1.44. The average Bonchev–Trinajstić information content (AvgIpc) is 3.21. The van der Waals surface area contributed by atoms with Crippen LogP contribution in [0.5, 0.6) is 11.5 Å². The van der Waals surface area contributed by atoms with E-state index in [4.69, 9.17) is 9.47 Å². The van der Waals surface area contributed by atoms with Crippen LogP contribution in [-0.2, 0) is 13.2 Å². The highest BCUT2D eigenvalue weighted by Crippen LogP contribution is 2.29. The van der Waals surface area contributed by atoms with E-state index in [1.807, 2.05) is 42.5 Å². The SMILES string of the molecule is COc1cc(CNC[C@H](O)CN2CCCC2)ccc1OCc1ccc(Br)cc1. The number of aliphatic hydroxyl groups is 1. The third kappa shape index (κ3) is 6.48. The lowest BCUT2D eigenvalue weighted by atomic mass is 10.2. The molecule has 0 unspecified atom stereocenters. The Morgan fingerprint density at radius 2 is 1.79 bits per heavy atom. The Bertz CT molecular complexity index is 733. The Morgan fingerprint density at radius 1 is 1.07 bits per heavy atom. The number of likely N-dealkylation sites (tertiary alicyclic amines) is 1. The number of methoxy groups -OCH3 is 1. The summed E-state index contributed by atoms with van der Waals surface area (Å²) in [6, 6.07) is 14.0. The summed E-state index contributed by atoms with van der Waals surface area (Å²) in [5.41, 5.74) is 2.20. The lowest BCUT2D eigenvalue weighted by Crippen LogP contribution is -2.36.